The molecular weight excluding hydrogens is 887 g/mol. The Morgan fingerprint density at radius 3 is 2.52 bits per heavy atom. The smallest absolute Gasteiger partial charge is 0.446 e. The summed E-state index contributed by atoms with van der Waals surface area (Å²) < 4.78 is 70.6. The molecule has 0 amide bonds. The third kappa shape index (κ3) is 9.19. The molecule has 1 aliphatic heterocycles. The van der Waals surface area contributed by atoms with E-state index in [0.29, 0.717) is 71.7 Å². The molecule has 15 nitrogen and oxygen atoms in total. The Morgan fingerprint density at radius 1 is 0.891 bits per heavy atom. The molecule has 2 N–H and O–H groups in total. The highest BCUT2D eigenvalue weighted by Crippen LogP contribution is 2.49. The van der Waals surface area contributed by atoms with Gasteiger partial charge in [0, 0.05) is 71.8 Å². The summed E-state index contributed by atoms with van der Waals surface area (Å²) in [5, 5.41) is 14.6. The van der Waals surface area contributed by atoms with Gasteiger partial charge in [0.2, 0.25) is 12.0 Å². The molecule has 8 aromatic rings. The van der Waals surface area contributed by atoms with Crippen LogP contribution in [0.2, 0.25) is 5.02 Å². The number of aromatic nitrogens is 4. The summed E-state index contributed by atoms with van der Waals surface area (Å²) in [5.74, 6) is -0.654. The van der Waals surface area contributed by atoms with Gasteiger partial charge in [-0.05, 0) is 71.9 Å². The zero-order valence-corrected chi connectivity index (χ0v) is 36.4. The minimum atomic E-state index is -4.73. The number of carbonyl (C=O) groups is 1. The molecule has 0 spiro atoms. The highest BCUT2D eigenvalue weighted by Gasteiger charge is 2.27. The number of hydrogen-bond acceptors (Lipinski definition) is 14. The second kappa shape index (κ2) is 18.1. The number of para-hydroxylation sites is 1. The number of aliphatic carboxylic acids is 1. The lowest BCUT2D eigenvalue weighted by molar-refractivity contribution is -0.145. The Morgan fingerprint density at radius 2 is 1.70 bits per heavy atom. The number of likely N-dealkylation sites (N-methyl/N-ethyl adjacent to an activating group) is 1. The van der Waals surface area contributed by atoms with Crippen LogP contribution < -0.4 is 18.4 Å². The molecule has 9 rings (SSSR count). The van der Waals surface area contributed by atoms with E-state index in [2.05, 4.69) is 41.0 Å². The van der Waals surface area contributed by atoms with Gasteiger partial charge >= 0.3 is 16.4 Å². The van der Waals surface area contributed by atoms with Crippen molar-refractivity contribution in [3.05, 3.63) is 120 Å². The summed E-state index contributed by atoms with van der Waals surface area (Å²) in [6.07, 6.45) is 1.29. The van der Waals surface area contributed by atoms with Crippen LogP contribution in [0.15, 0.2) is 97.5 Å². The van der Waals surface area contributed by atoms with E-state index in [9.17, 15) is 22.7 Å². The summed E-state index contributed by atoms with van der Waals surface area (Å²) in [4.78, 5) is 36.0. The molecule has 19 heteroatoms. The summed E-state index contributed by atoms with van der Waals surface area (Å²) in [5.41, 5.74) is 1.42. The lowest BCUT2D eigenvalue weighted by Gasteiger charge is -2.32. The molecule has 4 heterocycles. The average Bonchev–Trinajstić information content (AvgIpc) is 3.67. The van der Waals surface area contributed by atoms with Crippen LogP contribution in [0, 0.1) is 5.82 Å². The van der Waals surface area contributed by atoms with Crippen LogP contribution in [0.4, 0.5) is 4.39 Å². The minimum absolute atomic E-state index is 0.0315. The number of rotatable bonds is 15. The van der Waals surface area contributed by atoms with E-state index in [-0.39, 0.29) is 30.5 Å². The molecule has 1 aliphatic rings. The van der Waals surface area contributed by atoms with Gasteiger partial charge in [-0.15, -0.1) is 11.3 Å². The quantitative estimate of drug-likeness (QED) is 0.0747. The van der Waals surface area contributed by atoms with E-state index >= 15 is 0 Å². The number of carboxylic acid groups (broad SMARTS) is 1. The SMILES string of the molecule is CN1CCN(CCOc2ccc3c(c2Cl)c2cc(F)ccc2c2sc4ncnc(O[C@H](Cc5ccccc5OCc5ccnc(-c6cccc(OS(=O)(=O)O)c6)n5)C(=O)O)c4c32)CC1. The van der Waals surface area contributed by atoms with Crippen LogP contribution in [0.3, 0.4) is 0 Å². The van der Waals surface area contributed by atoms with Crippen LogP contribution in [0.1, 0.15) is 11.3 Å². The number of thiophene rings is 1. The Bertz CT molecular complexity index is 3190. The lowest BCUT2D eigenvalue weighted by Crippen LogP contribution is -2.45. The first kappa shape index (κ1) is 43.0. The number of ether oxygens (including phenoxy) is 3. The van der Waals surface area contributed by atoms with Crippen molar-refractivity contribution in [2.45, 2.75) is 19.1 Å². The maximum atomic E-state index is 15.0. The van der Waals surface area contributed by atoms with E-state index in [1.165, 1.54) is 54.2 Å². The minimum Gasteiger partial charge on any atom is -0.491 e. The first-order chi connectivity index (χ1) is 30.9. The fourth-order valence-corrected chi connectivity index (χ4v) is 9.62. The monoisotopic (exact) mass is 924 g/mol. The summed E-state index contributed by atoms with van der Waals surface area (Å²) in [6, 6.07) is 22.7. The highest BCUT2D eigenvalue weighted by atomic mass is 35.5. The predicted molar refractivity (Wildman–Crippen MR) is 241 cm³/mol. The van der Waals surface area contributed by atoms with Crippen molar-refractivity contribution >= 4 is 81.2 Å². The second-order valence-electron chi connectivity index (χ2n) is 15.1. The predicted octanol–water partition coefficient (Wildman–Crippen LogP) is 7.86. The van der Waals surface area contributed by atoms with Crippen molar-refractivity contribution in [2.24, 2.45) is 0 Å². The maximum absolute atomic E-state index is 15.0. The van der Waals surface area contributed by atoms with Gasteiger partial charge in [-0.1, -0.05) is 48.0 Å². The standard InChI is InChI=1S/C45H38ClFN6O9S2/c1-52-15-17-53(18-16-52)19-20-59-35-12-11-32-37(40(35)46)33-23-28(47)9-10-31(33)41-38(32)39-43(49-25-50-44(39)63-41)61-36(45(54)55)22-26-5-2-3-8-34(26)60-24-29-13-14-48-42(51-29)27-6-4-7-30(21-27)62-64(56,57)58/h2-14,21,23,25,36H,15-20,22,24H2,1H3,(H,54,55)(H,56,57,58)/t36-/m1/s1. The van der Waals surface area contributed by atoms with Gasteiger partial charge in [-0.2, -0.15) is 8.42 Å². The molecule has 328 valence electrons. The molecule has 0 unspecified atom stereocenters. The normalized spacial score (nSPS) is 14.3. The van der Waals surface area contributed by atoms with Crippen LogP contribution >= 0.6 is 22.9 Å². The van der Waals surface area contributed by atoms with Crippen LogP contribution in [-0.2, 0) is 28.2 Å². The number of benzene rings is 5. The molecular formula is C45H38ClFN6O9S2. The van der Waals surface area contributed by atoms with Crippen molar-refractivity contribution in [3.63, 3.8) is 0 Å². The lowest BCUT2D eigenvalue weighted by atomic mass is 9.97. The Hall–Kier alpha value is -6.28. The molecule has 64 heavy (non-hydrogen) atoms. The van der Waals surface area contributed by atoms with Gasteiger partial charge in [-0.25, -0.2) is 29.1 Å². The van der Waals surface area contributed by atoms with Gasteiger partial charge in [0.25, 0.3) is 0 Å². The molecule has 0 radical (unpaired) electrons. The third-order valence-corrected chi connectivity index (χ3v) is 12.8. The topological polar surface area (TPSA) is 187 Å². The number of halogens is 2. The zero-order valence-electron chi connectivity index (χ0n) is 34.0. The molecule has 0 aliphatic carbocycles. The highest BCUT2D eigenvalue weighted by molar-refractivity contribution is 7.81. The van der Waals surface area contributed by atoms with E-state index in [1.54, 1.807) is 48.5 Å². The Labute approximate surface area is 374 Å². The van der Waals surface area contributed by atoms with Gasteiger partial charge in [-0.3, -0.25) is 9.45 Å². The Balaban J connectivity index is 1.00. The molecule has 1 fully saturated rings. The van der Waals surface area contributed by atoms with Crippen molar-refractivity contribution in [1.29, 1.82) is 0 Å². The van der Waals surface area contributed by atoms with Crippen molar-refractivity contribution in [3.8, 4) is 34.5 Å². The summed E-state index contributed by atoms with van der Waals surface area (Å²) >= 11 is 8.53. The van der Waals surface area contributed by atoms with Crippen LogP contribution in [-0.4, -0.2) is 106 Å². The first-order valence-corrected chi connectivity index (χ1v) is 22.6. The molecule has 5 aromatic carbocycles. The number of nitrogens with zero attached hydrogens (tertiary/aromatic N) is 6. The van der Waals surface area contributed by atoms with E-state index in [0.717, 1.165) is 42.8 Å². The molecule has 0 bridgehead atoms. The summed E-state index contributed by atoms with van der Waals surface area (Å²) in [7, 11) is -2.63. The maximum Gasteiger partial charge on any atom is 0.446 e. The van der Waals surface area contributed by atoms with Crippen molar-refractivity contribution < 1.29 is 45.7 Å². The first-order valence-electron chi connectivity index (χ1n) is 20.0. The van der Waals surface area contributed by atoms with Crippen LogP contribution in [0.5, 0.6) is 23.1 Å². The average molecular weight is 925 g/mol. The fourth-order valence-electron chi connectivity index (χ4n) is 7.76. The Kier molecular flexibility index (Phi) is 12.1. The van der Waals surface area contributed by atoms with Crippen LogP contribution in [0.25, 0.3) is 53.2 Å². The molecule has 1 saturated heterocycles. The zero-order chi connectivity index (χ0) is 44.5. The van der Waals surface area contributed by atoms with E-state index in [4.69, 9.17) is 30.4 Å². The molecule has 0 saturated carbocycles. The largest absolute Gasteiger partial charge is 0.491 e. The second-order valence-corrected chi connectivity index (χ2v) is 17.5. The fraction of sp³-hybridized carbons (Fsp3) is 0.222. The summed E-state index contributed by atoms with van der Waals surface area (Å²) in [6.45, 7) is 4.97. The van der Waals surface area contributed by atoms with Crippen molar-refractivity contribution in [1.82, 2.24) is 29.7 Å². The number of carboxylic acids is 1. The third-order valence-electron chi connectivity index (χ3n) is 10.9. The van der Waals surface area contributed by atoms with Gasteiger partial charge < -0.3 is 28.4 Å². The van der Waals surface area contributed by atoms with Gasteiger partial charge in [0.1, 0.15) is 47.4 Å². The van der Waals surface area contributed by atoms with E-state index < -0.39 is 28.3 Å². The van der Waals surface area contributed by atoms with Gasteiger partial charge in [0.15, 0.2) is 5.82 Å². The number of hydrogen-bond donors (Lipinski definition) is 2. The number of fused-ring (bicyclic) bond motifs is 8. The van der Waals surface area contributed by atoms with Gasteiger partial charge in [0.05, 0.1) is 16.1 Å². The molecule has 3 aromatic heterocycles. The van der Waals surface area contributed by atoms with Crippen molar-refractivity contribution in [2.75, 3.05) is 46.4 Å². The number of piperazine rings is 1. The van der Waals surface area contributed by atoms with E-state index in [1.807, 2.05) is 6.07 Å². The molecule has 1 atom stereocenters.